The summed E-state index contributed by atoms with van der Waals surface area (Å²) in [4.78, 5) is 28.1. The first-order valence-electron chi connectivity index (χ1n) is 9.37. The summed E-state index contributed by atoms with van der Waals surface area (Å²) in [7, 11) is 0. The fourth-order valence-electron chi connectivity index (χ4n) is 3.42. The molecule has 2 saturated heterocycles. The van der Waals surface area contributed by atoms with Crippen LogP contribution in [0.5, 0.6) is 0 Å². The maximum Gasteiger partial charge on any atom is 0.244 e. The minimum atomic E-state index is 0.103. The van der Waals surface area contributed by atoms with Crippen molar-refractivity contribution < 1.29 is 9.53 Å². The smallest absolute Gasteiger partial charge is 0.244 e. The number of nitrogens with zero attached hydrogens (tertiary/aromatic N) is 7. The highest BCUT2D eigenvalue weighted by atomic mass is 16.5. The highest BCUT2D eigenvalue weighted by Gasteiger charge is 2.23. The van der Waals surface area contributed by atoms with Crippen molar-refractivity contribution in [2.45, 2.75) is 13.5 Å². The highest BCUT2D eigenvalue weighted by Crippen LogP contribution is 2.20. The SMILES string of the molecule is Cc1cc(N2CCN(C(=O)Cn3cccn3)CC2)nc(N2CCOCC2)n1. The van der Waals surface area contributed by atoms with Crippen molar-refractivity contribution in [3.63, 3.8) is 0 Å². The second kappa shape index (κ2) is 7.91. The van der Waals surface area contributed by atoms with E-state index in [1.807, 2.05) is 30.2 Å². The van der Waals surface area contributed by atoms with E-state index in [1.165, 1.54) is 0 Å². The van der Waals surface area contributed by atoms with Gasteiger partial charge in [0.05, 0.1) is 13.2 Å². The number of hydrogen-bond acceptors (Lipinski definition) is 7. The molecule has 4 rings (SSSR count). The molecule has 0 unspecified atom stereocenters. The Morgan fingerprint density at radius 3 is 2.56 bits per heavy atom. The van der Waals surface area contributed by atoms with Gasteiger partial charge in [0.2, 0.25) is 11.9 Å². The van der Waals surface area contributed by atoms with Crippen LogP contribution in [0.3, 0.4) is 0 Å². The maximum absolute atomic E-state index is 12.4. The second-order valence-electron chi connectivity index (χ2n) is 6.84. The normalized spacial score (nSPS) is 18.0. The zero-order chi connectivity index (χ0) is 18.6. The molecule has 2 aromatic heterocycles. The van der Waals surface area contributed by atoms with Crippen molar-refractivity contribution in [2.24, 2.45) is 0 Å². The summed E-state index contributed by atoms with van der Waals surface area (Å²) < 4.78 is 7.08. The van der Waals surface area contributed by atoms with Gasteiger partial charge in [-0.3, -0.25) is 9.48 Å². The molecule has 0 aromatic carbocycles. The first-order chi connectivity index (χ1) is 13.2. The predicted molar refractivity (Wildman–Crippen MR) is 101 cm³/mol. The Morgan fingerprint density at radius 1 is 1.07 bits per heavy atom. The third-order valence-corrected chi connectivity index (χ3v) is 4.94. The average molecular weight is 371 g/mol. The van der Waals surface area contributed by atoms with Gasteiger partial charge < -0.3 is 19.4 Å². The summed E-state index contributed by atoms with van der Waals surface area (Å²) in [6.07, 6.45) is 3.50. The molecule has 1 amide bonds. The van der Waals surface area contributed by atoms with E-state index in [0.717, 1.165) is 43.6 Å². The fourth-order valence-corrected chi connectivity index (χ4v) is 3.42. The van der Waals surface area contributed by atoms with E-state index >= 15 is 0 Å². The lowest BCUT2D eigenvalue weighted by Crippen LogP contribution is -2.50. The van der Waals surface area contributed by atoms with Crippen LogP contribution in [0.1, 0.15) is 5.69 Å². The zero-order valence-electron chi connectivity index (χ0n) is 15.6. The van der Waals surface area contributed by atoms with Crippen LogP contribution in [0.4, 0.5) is 11.8 Å². The van der Waals surface area contributed by atoms with Crippen LogP contribution < -0.4 is 9.80 Å². The maximum atomic E-state index is 12.4. The molecule has 9 heteroatoms. The summed E-state index contributed by atoms with van der Waals surface area (Å²) in [5.41, 5.74) is 0.957. The van der Waals surface area contributed by atoms with E-state index in [1.54, 1.807) is 10.9 Å². The number of ether oxygens (including phenoxy) is 1. The van der Waals surface area contributed by atoms with Crippen molar-refractivity contribution in [3.8, 4) is 0 Å². The molecule has 0 aliphatic carbocycles. The number of amides is 1. The van der Waals surface area contributed by atoms with E-state index in [-0.39, 0.29) is 5.91 Å². The number of morpholine rings is 1. The van der Waals surface area contributed by atoms with E-state index in [4.69, 9.17) is 9.72 Å². The molecule has 0 saturated carbocycles. The Hall–Kier alpha value is -2.68. The fraction of sp³-hybridized carbons (Fsp3) is 0.556. The molecule has 2 aliphatic heterocycles. The average Bonchev–Trinajstić information content (AvgIpc) is 3.21. The van der Waals surface area contributed by atoms with Crippen molar-refractivity contribution in [2.75, 3.05) is 62.3 Å². The van der Waals surface area contributed by atoms with Gasteiger partial charge >= 0.3 is 0 Å². The third-order valence-electron chi connectivity index (χ3n) is 4.94. The molecule has 2 fully saturated rings. The van der Waals surface area contributed by atoms with Crippen LogP contribution >= 0.6 is 0 Å². The van der Waals surface area contributed by atoms with E-state index < -0.39 is 0 Å². The standard InChI is InChI=1S/C18H25N7O2/c1-15-13-16(21-18(20-15)24-9-11-27-12-10-24)22-5-7-23(8-6-22)17(26)14-25-4-2-3-19-25/h2-4,13H,5-12,14H2,1H3. The second-order valence-corrected chi connectivity index (χ2v) is 6.84. The van der Waals surface area contributed by atoms with Crippen LogP contribution in [0, 0.1) is 6.92 Å². The summed E-state index contributed by atoms with van der Waals surface area (Å²) >= 11 is 0. The molecule has 0 atom stereocenters. The number of hydrogen-bond donors (Lipinski definition) is 0. The van der Waals surface area contributed by atoms with Gasteiger partial charge in [0.25, 0.3) is 0 Å². The van der Waals surface area contributed by atoms with Crippen molar-refractivity contribution >= 4 is 17.7 Å². The summed E-state index contributed by atoms with van der Waals surface area (Å²) in [5, 5.41) is 4.11. The lowest BCUT2D eigenvalue weighted by molar-refractivity contribution is -0.132. The summed E-state index contributed by atoms with van der Waals surface area (Å²) in [6.45, 7) is 8.27. The van der Waals surface area contributed by atoms with Gasteiger partial charge in [0, 0.05) is 63.4 Å². The third kappa shape index (κ3) is 4.19. The van der Waals surface area contributed by atoms with Crippen molar-refractivity contribution in [3.05, 3.63) is 30.2 Å². The van der Waals surface area contributed by atoms with Crippen LogP contribution in [-0.4, -0.2) is 83.0 Å². The van der Waals surface area contributed by atoms with Crippen LogP contribution in [0.2, 0.25) is 0 Å². The Kier molecular flexibility index (Phi) is 5.19. The van der Waals surface area contributed by atoms with Crippen LogP contribution in [-0.2, 0) is 16.1 Å². The summed E-state index contributed by atoms with van der Waals surface area (Å²) in [5.74, 6) is 1.81. The van der Waals surface area contributed by atoms with Gasteiger partial charge in [-0.15, -0.1) is 0 Å². The van der Waals surface area contributed by atoms with Crippen molar-refractivity contribution in [1.29, 1.82) is 0 Å². The Balaban J connectivity index is 1.39. The molecular formula is C18H25N7O2. The van der Waals surface area contributed by atoms with Gasteiger partial charge in [-0.05, 0) is 13.0 Å². The molecule has 0 spiro atoms. The van der Waals surface area contributed by atoms with E-state index in [2.05, 4.69) is 19.9 Å². The number of piperazine rings is 1. The Bertz CT molecular complexity index is 766. The Morgan fingerprint density at radius 2 is 1.85 bits per heavy atom. The van der Waals surface area contributed by atoms with Gasteiger partial charge in [0.1, 0.15) is 12.4 Å². The molecular weight excluding hydrogens is 346 g/mol. The molecule has 27 heavy (non-hydrogen) atoms. The number of rotatable bonds is 4. The predicted octanol–water partition coefficient (Wildman–Crippen LogP) is 0.167. The van der Waals surface area contributed by atoms with Crippen molar-refractivity contribution in [1.82, 2.24) is 24.6 Å². The minimum Gasteiger partial charge on any atom is -0.378 e. The molecule has 4 heterocycles. The largest absolute Gasteiger partial charge is 0.378 e. The van der Waals surface area contributed by atoms with Gasteiger partial charge in [0.15, 0.2) is 0 Å². The molecule has 0 N–H and O–H groups in total. The quantitative estimate of drug-likeness (QED) is 0.758. The number of carbonyl (C=O) groups is 1. The Labute approximate surface area is 158 Å². The first-order valence-corrected chi connectivity index (χ1v) is 9.37. The minimum absolute atomic E-state index is 0.103. The molecule has 9 nitrogen and oxygen atoms in total. The highest BCUT2D eigenvalue weighted by molar-refractivity contribution is 5.76. The van der Waals surface area contributed by atoms with E-state index in [0.29, 0.717) is 32.8 Å². The van der Waals surface area contributed by atoms with Crippen LogP contribution in [0.25, 0.3) is 0 Å². The topological polar surface area (TPSA) is 79.6 Å². The monoisotopic (exact) mass is 371 g/mol. The van der Waals surface area contributed by atoms with Gasteiger partial charge in [-0.1, -0.05) is 0 Å². The number of carbonyl (C=O) groups excluding carboxylic acids is 1. The van der Waals surface area contributed by atoms with Gasteiger partial charge in [-0.25, -0.2) is 4.98 Å². The van der Waals surface area contributed by atoms with Gasteiger partial charge in [-0.2, -0.15) is 10.1 Å². The lowest BCUT2D eigenvalue weighted by atomic mass is 10.3. The zero-order valence-corrected chi connectivity index (χ0v) is 15.6. The first kappa shape index (κ1) is 17.7. The molecule has 2 aromatic rings. The number of aromatic nitrogens is 4. The number of aryl methyl sites for hydroxylation is 1. The molecule has 2 aliphatic rings. The molecule has 0 bridgehead atoms. The lowest BCUT2D eigenvalue weighted by Gasteiger charge is -2.36. The summed E-state index contributed by atoms with van der Waals surface area (Å²) in [6, 6.07) is 3.85. The van der Waals surface area contributed by atoms with Crippen LogP contribution in [0.15, 0.2) is 24.5 Å². The molecule has 0 radical (unpaired) electrons. The van der Waals surface area contributed by atoms with E-state index in [9.17, 15) is 4.79 Å². The molecule has 144 valence electrons. The number of anilines is 2.